The number of nitrogens with zero attached hydrogens (tertiary/aromatic N) is 4. The molecule has 14 rings (SSSR count). The minimum Gasteiger partial charge on any atom is -0.455 e. The van der Waals surface area contributed by atoms with Crippen molar-refractivity contribution in [3.05, 3.63) is 182 Å². The van der Waals surface area contributed by atoms with Gasteiger partial charge in [0.15, 0.2) is 17.5 Å². The quantitative estimate of drug-likeness (QED) is 0.177. The molecule has 0 saturated heterocycles. The molecule has 62 heavy (non-hydrogen) atoms. The minimum absolute atomic E-state index is 0.557. The first-order valence-electron chi connectivity index (χ1n) is 20.7. The molecule has 0 atom stereocenters. The van der Waals surface area contributed by atoms with E-state index in [2.05, 4.69) is 174 Å². The van der Waals surface area contributed by atoms with Crippen LogP contribution >= 0.6 is 22.7 Å². The summed E-state index contributed by atoms with van der Waals surface area (Å²) < 4.78 is 14.2. The highest BCUT2D eigenvalue weighted by molar-refractivity contribution is 7.26. The highest BCUT2D eigenvalue weighted by Gasteiger charge is 2.23. The van der Waals surface area contributed by atoms with Crippen LogP contribution in [0.25, 0.3) is 135 Å². The molecule has 0 amide bonds. The second-order valence-electron chi connectivity index (χ2n) is 15.9. The maximum absolute atomic E-state index is 6.93. The second-order valence-corrected chi connectivity index (χ2v) is 18.1. The molecule has 7 heteroatoms. The normalized spacial score (nSPS) is 12.2. The zero-order valence-corrected chi connectivity index (χ0v) is 34.5. The van der Waals surface area contributed by atoms with E-state index in [0.717, 1.165) is 55.3 Å². The molecule has 0 unspecified atom stereocenters. The third kappa shape index (κ3) is 4.97. The molecule has 0 aliphatic carbocycles. The summed E-state index contributed by atoms with van der Waals surface area (Å²) in [6.45, 7) is 0. The van der Waals surface area contributed by atoms with Crippen LogP contribution in [0.4, 0.5) is 0 Å². The summed E-state index contributed by atoms with van der Waals surface area (Å²) in [7, 11) is 0. The summed E-state index contributed by atoms with van der Waals surface area (Å²) in [6, 6.07) is 64.9. The van der Waals surface area contributed by atoms with Crippen molar-refractivity contribution in [2.75, 3.05) is 0 Å². The van der Waals surface area contributed by atoms with Crippen LogP contribution in [-0.2, 0) is 0 Å². The third-order valence-electron chi connectivity index (χ3n) is 12.4. The Kier molecular flexibility index (Phi) is 7.08. The molecule has 0 saturated carbocycles. The molecule has 14 aromatic rings. The van der Waals surface area contributed by atoms with Gasteiger partial charge in [-0.3, -0.25) is 0 Å². The lowest BCUT2D eigenvalue weighted by molar-refractivity contribution is 0.669. The van der Waals surface area contributed by atoms with Gasteiger partial charge in [0.05, 0.1) is 27.7 Å². The number of hydrogen-bond donors (Lipinski definition) is 0. The lowest BCUT2D eigenvalue weighted by Gasteiger charge is -2.13. The first kappa shape index (κ1) is 34.0. The van der Waals surface area contributed by atoms with E-state index in [1.807, 2.05) is 12.1 Å². The molecule has 0 N–H and O–H groups in total. The fourth-order valence-electron chi connectivity index (χ4n) is 9.57. The average Bonchev–Trinajstić information content (AvgIpc) is 4.09. The molecule has 5 heterocycles. The molecular formula is C55H30N4OS2. The summed E-state index contributed by atoms with van der Waals surface area (Å²) in [5.41, 5.74) is 7.54. The van der Waals surface area contributed by atoms with Crippen LogP contribution in [0, 0.1) is 0 Å². The van der Waals surface area contributed by atoms with Crippen LogP contribution in [-0.4, -0.2) is 19.5 Å². The molecule has 0 fully saturated rings. The van der Waals surface area contributed by atoms with Gasteiger partial charge in [-0.15, -0.1) is 22.7 Å². The fourth-order valence-corrected chi connectivity index (χ4v) is 11.9. The predicted molar refractivity (Wildman–Crippen MR) is 261 cm³/mol. The lowest BCUT2D eigenvalue weighted by Crippen LogP contribution is -2.01. The van der Waals surface area contributed by atoms with Crippen molar-refractivity contribution in [2.24, 2.45) is 0 Å². The largest absolute Gasteiger partial charge is 0.455 e. The number of fused-ring (bicyclic) bond motifs is 13. The molecule has 0 bridgehead atoms. The Morgan fingerprint density at radius 1 is 0.387 bits per heavy atom. The molecule has 9 aromatic carbocycles. The van der Waals surface area contributed by atoms with Gasteiger partial charge in [0.2, 0.25) is 0 Å². The van der Waals surface area contributed by atoms with Crippen LogP contribution in [0.15, 0.2) is 186 Å². The highest BCUT2D eigenvalue weighted by Crippen LogP contribution is 2.44. The van der Waals surface area contributed by atoms with Gasteiger partial charge in [-0.05, 0) is 71.4 Å². The number of hydrogen-bond acceptors (Lipinski definition) is 6. The van der Waals surface area contributed by atoms with E-state index in [9.17, 15) is 0 Å². The van der Waals surface area contributed by atoms with Crippen molar-refractivity contribution in [1.82, 2.24) is 19.5 Å². The Labute approximate surface area is 361 Å². The van der Waals surface area contributed by atoms with Gasteiger partial charge < -0.3 is 8.98 Å². The predicted octanol–water partition coefficient (Wildman–Crippen LogP) is 15.8. The Bertz CT molecular complexity index is 4060. The number of aromatic nitrogens is 4. The number of para-hydroxylation sites is 2. The number of furan rings is 1. The van der Waals surface area contributed by atoms with Crippen LogP contribution in [0.2, 0.25) is 0 Å². The van der Waals surface area contributed by atoms with Crippen molar-refractivity contribution in [3.8, 4) is 39.9 Å². The van der Waals surface area contributed by atoms with Crippen molar-refractivity contribution in [2.45, 2.75) is 0 Å². The van der Waals surface area contributed by atoms with Gasteiger partial charge in [0.1, 0.15) is 11.2 Å². The van der Waals surface area contributed by atoms with Gasteiger partial charge in [-0.25, -0.2) is 15.0 Å². The van der Waals surface area contributed by atoms with E-state index < -0.39 is 0 Å². The van der Waals surface area contributed by atoms with Gasteiger partial charge in [-0.1, -0.05) is 121 Å². The zero-order chi connectivity index (χ0) is 40.5. The summed E-state index contributed by atoms with van der Waals surface area (Å²) in [4.78, 5) is 15.9. The SMILES string of the molecule is c1ccc2cc3c(cc2c1)c1ccccc1n3-c1ccc(-c2nc(-c3ccc4c(c3)sc3ccccc34)nc(-c3ccc4c(c3)sc3ccccc34)n2)c2oc3ccccc3c12. The fraction of sp³-hybridized carbons (Fsp3) is 0. The van der Waals surface area contributed by atoms with E-state index >= 15 is 0 Å². The minimum atomic E-state index is 0.557. The van der Waals surface area contributed by atoms with Crippen molar-refractivity contribution < 1.29 is 4.42 Å². The maximum Gasteiger partial charge on any atom is 0.167 e. The first-order valence-corrected chi connectivity index (χ1v) is 22.3. The van der Waals surface area contributed by atoms with E-state index in [4.69, 9.17) is 19.4 Å². The third-order valence-corrected chi connectivity index (χ3v) is 14.7. The first-order chi connectivity index (χ1) is 30.7. The van der Waals surface area contributed by atoms with Gasteiger partial charge in [0, 0.05) is 67.6 Å². The Morgan fingerprint density at radius 3 is 1.63 bits per heavy atom. The number of rotatable bonds is 4. The molecule has 0 aliphatic heterocycles. The summed E-state index contributed by atoms with van der Waals surface area (Å²) in [5, 5.41) is 11.9. The van der Waals surface area contributed by atoms with E-state index in [1.165, 1.54) is 61.9 Å². The molecule has 0 aliphatic rings. The van der Waals surface area contributed by atoms with Crippen LogP contribution in [0.5, 0.6) is 0 Å². The number of thiophene rings is 2. The van der Waals surface area contributed by atoms with E-state index in [1.54, 1.807) is 22.7 Å². The van der Waals surface area contributed by atoms with Crippen LogP contribution in [0.3, 0.4) is 0 Å². The lowest BCUT2D eigenvalue weighted by atomic mass is 10.0. The summed E-state index contributed by atoms with van der Waals surface area (Å²) >= 11 is 3.59. The maximum atomic E-state index is 6.93. The van der Waals surface area contributed by atoms with Crippen LogP contribution < -0.4 is 0 Å². The molecule has 288 valence electrons. The second kappa shape index (κ2) is 12.9. The van der Waals surface area contributed by atoms with E-state index in [0.29, 0.717) is 17.5 Å². The Hall–Kier alpha value is -7.71. The Morgan fingerprint density at radius 2 is 0.935 bits per heavy atom. The molecule has 5 nitrogen and oxygen atoms in total. The van der Waals surface area contributed by atoms with Crippen molar-refractivity contribution in [1.29, 1.82) is 0 Å². The highest BCUT2D eigenvalue weighted by atomic mass is 32.1. The summed E-state index contributed by atoms with van der Waals surface area (Å²) in [5.74, 6) is 1.79. The monoisotopic (exact) mass is 826 g/mol. The Balaban J connectivity index is 1.04. The van der Waals surface area contributed by atoms with Crippen molar-refractivity contribution in [3.63, 3.8) is 0 Å². The van der Waals surface area contributed by atoms with E-state index in [-0.39, 0.29) is 0 Å². The number of benzene rings is 9. The molecular weight excluding hydrogens is 797 g/mol. The van der Waals surface area contributed by atoms with Crippen LogP contribution in [0.1, 0.15) is 0 Å². The van der Waals surface area contributed by atoms with Gasteiger partial charge >= 0.3 is 0 Å². The molecule has 0 radical (unpaired) electrons. The topological polar surface area (TPSA) is 56.7 Å². The standard InChI is InChI=1S/C55H30N4OS2/c1-2-12-32-28-45-42(27-31(32)11-1)35-13-3-7-17-43(35)59(45)44-26-25-41(52-51(44)40-16-4-8-18-46(40)60-52)55-57-53(33-21-23-38-36-14-5-9-19-47(36)61-49(38)29-33)56-54(58-55)34-22-24-39-37-15-6-10-20-48(37)62-50(39)30-34/h1-30H. The molecule has 0 spiro atoms. The van der Waals surface area contributed by atoms with Crippen molar-refractivity contribution >= 4 is 118 Å². The smallest absolute Gasteiger partial charge is 0.167 e. The van der Waals surface area contributed by atoms with Gasteiger partial charge in [-0.2, -0.15) is 0 Å². The summed E-state index contributed by atoms with van der Waals surface area (Å²) in [6.07, 6.45) is 0. The zero-order valence-electron chi connectivity index (χ0n) is 32.8. The van der Waals surface area contributed by atoms with Gasteiger partial charge in [0.25, 0.3) is 0 Å². The average molecular weight is 827 g/mol. The molecule has 5 aromatic heterocycles.